The number of esters is 1. The van der Waals surface area contributed by atoms with E-state index >= 15 is 0 Å². The van der Waals surface area contributed by atoms with Crippen LogP contribution in [0.2, 0.25) is 0 Å². The largest absolute Gasteiger partial charge is 0.487 e. The molecule has 0 bridgehead atoms. The van der Waals surface area contributed by atoms with Crippen molar-refractivity contribution in [2.24, 2.45) is 0 Å². The monoisotopic (exact) mass is 546 g/mol. The van der Waals surface area contributed by atoms with Crippen LogP contribution in [-0.4, -0.2) is 11.6 Å². The molecule has 3 heteroatoms. The van der Waals surface area contributed by atoms with Gasteiger partial charge in [-0.15, -0.1) is 0 Å². The molecule has 0 amide bonds. The molecule has 2 atom stereocenters. The molecule has 2 aromatic carbocycles. The second-order valence-corrected chi connectivity index (χ2v) is 13.3. The van der Waals surface area contributed by atoms with E-state index in [9.17, 15) is 4.79 Å². The molecule has 0 aliphatic carbocycles. The van der Waals surface area contributed by atoms with Crippen molar-refractivity contribution in [2.45, 2.75) is 155 Å². The van der Waals surface area contributed by atoms with Gasteiger partial charge in [0.05, 0.1) is 0 Å². The molecule has 0 N–H and O–H groups in total. The molecule has 0 fully saturated rings. The van der Waals surface area contributed by atoms with E-state index in [1.165, 1.54) is 107 Å². The standard InChI is InChI=1S/C37H54O3/c1-6-7-8-9-10-11-12-13-14-15-16-17-18-19-20-28(3)31-23-27(2)24-32-34(36(38)39-35(31)32)29-21-22-33-30(25-29)26-37(4,5)40-33/h21-25,28,34H,6-20,26H2,1-5H3. The summed E-state index contributed by atoms with van der Waals surface area (Å²) in [7, 11) is 0. The van der Waals surface area contributed by atoms with Crippen LogP contribution < -0.4 is 9.47 Å². The average Bonchev–Trinajstić information content (AvgIpc) is 3.41. The molecule has 2 aliphatic heterocycles. The van der Waals surface area contributed by atoms with E-state index in [1.54, 1.807) is 0 Å². The van der Waals surface area contributed by atoms with Crippen LogP contribution in [0.5, 0.6) is 11.5 Å². The van der Waals surface area contributed by atoms with Crippen LogP contribution in [-0.2, 0) is 11.2 Å². The van der Waals surface area contributed by atoms with Crippen molar-refractivity contribution >= 4 is 5.97 Å². The molecule has 40 heavy (non-hydrogen) atoms. The fourth-order valence-electron chi connectivity index (χ4n) is 6.74. The Morgan fingerprint density at radius 2 is 1.45 bits per heavy atom. The molecule has 0 saturated heterocycles. The van der Waals surface area contributed by atoms with Crippen LogP contribution >= 0.6 is 0 Å². The van der Waals surface area contributed by atoms with Crippen molar-refractivity contribution in [2.75, 3.05) is 0 Å². The Hall–Kier alpha value is -2.29. The first kappa shape index (κ1) is 30.7. The first-order valence-corrected chi connectivity index (χ1v) is 16.5. The van der Waals surface area contributed by atoms with E-state index in [2.05, 4.69) is 52.8 Å². The highest BCUT2D eigenvalue weighted by Gasteiger charge is 2.38. The third kappa shape index (κ3) is 8.14. The maximum atomic E-state index is 13.2. The van der Waals surface area contributed by atoms with Crippen LogP contribution in [0.4, 0.5) is 0 Å². The number of benzene rings is 2. The van der Waals surface area contributed by atoms with E-state index in [0.29, 0.717) is 5.92 Å². The molecule has 2 aromatic rings. The van der Waals surface area contributed by atoms with Gasteiger partial charge in [0.1, 0.15) is 23.0 Å². The lowest BCUT2D eigenvalue weighted by Gasteiger charge is -2.17. The Morgan fingerprint density at radius 3 is 2.08 bits per heavy atom. The van der Waals surface area contributed by atoms with Gasteiger partial charge in [-0.1, -0.05) is 134 Å². The minimum atomic E-state index is -0.351. The van der Waals surface area contributed by atoms with Gasteiger partial charge < -0.3 is 9.47 Å². The first-order valence-electron chi connectivity index (χ1n) is 16.5. The van der Waals surface area contributed by atoms with Crippen molar-refractivity contribution in [3.05, 3.63) is 58.1 Å². The van der Waals surface area contributed by atoms with E-state index in [4.69, 9.17) is 9.47 Å². The Kier molecular flexibility index (Phi) is 11.2. The number of unbranched alkanes of at least 4 members (excludes halogenated alkanes) is 13. The van der Waals surface area contributed by atoms with Crippen molar-refractivity contribution in [3.63, 3.8) is 0 Å². The number of carbonyl (C=O) groups is 1. The van der Waals surface area contributed by atoms with Gasteiger partial charge in [0.15, 0.2) is 0 Å². The molecule has 3 nitrogen and oxygen atoms in total. The topological polar surface area (TPSA) is 35.5 Å². The summed E-state index contributed by atoms with van der Waals surface area (Å²) in [6.45, 7) is 11.0. The second kappa shape index (κ2) is 14.6. The molecular formula is C37H54O3. The average molecular weight is 547 g/mol. The molecule has 220 valence electrons. The summed E-state index contributed by atoms with van der Waals surface area (Å²) in [5.74, 6) is 1.63. The third-order valence-corrected chi connectivity index (χ3v) is 8.98. The molecule has 0 spiro atoms. The lowest BCUT2D eigenvalue weighted by Crippen LogP contribution is -2.24. The number of fused-ring (bicyclic) bond motifs is 2. The fraction of sp³-hybridized carbons (Fsp3) is 0.649. The van der Waals surface area contributed by atoms with Gasteiger partial charge in [0.2, 0.25) is 0 Å². The predicted molar refractivity (Wildman–Crippen MR) is 167 cm³/mol. The smallest absolute Gasteiger partial charge is 0.323 e. The highest BCUT2D eigenvalue weighted by atomic mass is 16.5. The van der Waals surface area contributed by atoms with Gasteiger partial charge in [-0.3, -0.25) is 4.79 Å². The highest BCUT2D eigenvalue weighted by Crippen LogP contribution is 2.46. The summed E-state index contributed by atoms with van der Waals surface area (Å²) in [6, 6.07) is 10.6. The number of hydrogen-bond acceptors (Lipinski definition) is 3. The van der Waals surface area contributed by atoms with Crippen molar-refractivity contribution in [1.82, 2.24) is 0 Å². The van der Waals surface area contributed by atoms with Crippen molar-refractivity contribution in [1.29, 1.82) is 0 Å². The summed E-state index contributed by atoms with van der Waals surface area (Å²) in [6.07, 6.45) is 21.4. The van der Waals surface area contributed by atoms with E-state index in [1.807, 2.05) is 12.1 Å². The van der Waals surface area contributed by atoms with Crippen LogP contribution in [0.1, 0.15) is 164 Å². The maximum Gasteiger partial charge on any atom is 0.323 e. The molecule has 0 aromatic heterocycles. The van der Waals surface area contributed by atoms with Gasteiger partial charge in [-0.25, -0.2) is 0 Å². The minimum Gasteiger partial charge on any atom is -0.487 e. The predicted octanol–water partition coefficient (Wildman–Crippen LogP) is 10.7. The zero-order valence-corrected chi connectivity index (χ0v) is 26.1. The van der Waals surface area contributed by atoms with Crippen LogP contribution in [0, 0.1) is 6.92 Å². The molecule has 2 unspecified atom stereocenters. The van der Waals surface area contributed by atoms with Gasteiger partial charge in [0.25, 0.3) is 0 Å². The lowest BCUT2D eigenvalue weighted by molar-refractivity contribution is -0.133. The van der Waals surface area contributed by atoms with E-state index in [-0.39, 0.29) is 17.5 Å². The number of rotatable bonds is 17. The fourth-order valence-corrected chi connectivity index (χ4v) is 6.74. The molecule has 2 aliphatic rings. The lowest BCUT2D eigenvalue weighted by atomic mass is 9.85. The van der Waals surface area contributed by atoms with Crippen LogP contribution in [0.3, 0.4) is 0 Å². The summed E-state index contributed by atoms with van der Waals surface area (Å²) < 4.78 is 12.1. The third-order valence-electron chi connectivity index (χ3n) is 8.98. The Bertz CT molecular complexity index is 1110. The van der Waals surface area contributed by atoms with Gasteiger partial charge >= 0.3 is 5.97 Å². The SMILES string of the molecule is CCCCCCCCCCCCCCCCC(C)c1cc(C)cc2c1OC(=O)C2c1ccc2c(c1)CC(C)(C)O2. The summed E-state index contributed by atoms with van der Waals surface area (Å²) in [5, 5.41) is 0. The summed E-state index contributed by atoms with van der Waals surface area (Å²) >= 11 is 0. The van der Waals surface area contributed by atoms with Gasteiger partial charge in [0, 0.05) is 12.0 Å². The number of hydrogen-bond donors (Lipinski definition) is 0. The Labute approximate surface area is 244 Å². The molecule has 4 rings (SSSR count). The number of carbonyl (C=O) groups excluding carboxylic acids is 1. The van der Waals surface area contributed by atoms with E-state index in [0.717, 1.165) is 35.5 Å². The van der Waals surface area contributed by atoms with E-state index < -0.39 is 0 Å². The molecule has 2 heterocycles. The summed E-state index contributed by atoms with van der Waals surface area (Å²) in [5.41, 5.74) is 5.44. The number of aryl methyl sites for hydroxylation is 1. The molecule has 0 saturated carbocycles. The maximum absolute atomic E-state index is 13.2. The normalized spacial score (nSPS) is 17.8. The van der Waals surface area contributed by atoms with Gasteiger partial charge in [-0.2, -0.15) is 0 Å². The van der Waals surface area contributed by atoms with Crippen molar-refractivity contribution in [3.8, 4) is 11.5 Å². The zero-order valence-electron chi connectivity index (χ0n) is 26.1. The molecule has 0 radical (unpaired) electrons. The first-order chi connectivity index (χ1) is 19.3. The quantitative estimate of drug-likeness (QED) is 0.112. The Morgan fingerprint density at radius 1 is 0.850 bits per heavy atom. The highest BCUT2D eigenvalue weighted by molar-refractivity contribution is 5.90. The van der Waals surface area contributed by atoms with Crippen molar-refractivity contribution < 1.29 is 14.3 Å². The second-order valence-electron chi connectivity index (χ2n) is 13.3. The molecular weight excluding hydrogens is 492 g/mol. The minimum absolute atomic E-state index is 0.149. The van der Waals surface area contributed by atoms with Crippen LogP contribution in [0.25, 0.3) is 0 Å². The van der Waals surface area contributed by atoms with Crippen LogP contribution in [0.15, 0.2) is 30.3 Å². The number of ether oxygens (including phenoxy) is 2. The van der Waals surface area contributed by atoms with Gasteiger partial charge in [-0.05, 0) is 55.9 Å². The zero-order chi connectivity index (χ0) is 28.5. The summed E-state index contributed by atoms with van der Waals surface area (Å²) in [4.78, 5) is 13.2. The Balaban J connectivity index is 1.22.